The maximum atomic E-state index is 13.2. The van der Waals surface area contributed by atoms with E-state index in [4.69, 9.17) is 4.74 Å². The third kappa shape index (κ3) is 10.1. The minimum absolute atomic E-state index is 0. The Hall–Kier alpha value is -1.13. The van der Waals surface area contributed by atoms with Crippen LogP contribution in [0.2, 0.25) is 0 Å². The van der Waals surface area contributed by atoms with Crippen LogP contribution in [0.3, 0.4) is 0 Å². The van der Waals surface area contributed by atoms with E-state index in [-0.39, 0.29) is 30.3 Å². The minimum Gasteiger partial charge on any atom is -0.497 e. The molecule has 10 heteroatoms. The van der Waals surface area contributed by atoms with E-state index in [1.54, 1.807) is 18.9 Å². The standard InChI is InChI=1S/C28H44N4O3S2.ClH/c1-35-24-9-7-22(8-10-24)16-32-13-11-21(12-14-32)15-29-27(33)26(31-28(34)25-18-37-20-30-25)19-36-17-23-5-3-2-4-6-23;/h7-10,21,23,25-26,30H,2-6,11-20H2,1H3,(H,29,33)(H,31,34);1H/t25-,26-;/m0./s1. The first-order chi connectivity index (χ1) is 18.1. The molecule has 0 spiro atoms. The van der Waals surface area contributed by atoms with E-state index in [2.05, 4.69) is 33.0 Å². The highest BCUT2D eigenvalue weighted by Gasteiger charge is 2.29. The van der Waals surface area contributed by atoms with Gasteiger partial charge >= 0.3 is 0 Å². The Labute approximate surface area is 243 Å². The quantitative estimate of drug-likeness (QED) is 0.344. The molecule has 2 saturated heterocycles. The van der Waals surface area contributed by atoms with Crippen molar-refractivity contribution in [2.75, 3.05) is 49.9 Å². The van der Waals surface area contributed by atoms with Gasteiger partial charge in [-0.3, -0.25) is 19.8 Å². The summed E-state index contributed by atoms with van der Waals surface area (Å²) in [4.78, 5) is 28.4. The van der Waals surface area contributed by atoms with Gasteiger partial charge in [0.1, 0.15) is 11.8 Å². The van der Waals surface area contributed by atoms with Gasteiger partial charge in [-0.1, -0.05) is 31.4 Å². The Bertz CT molecular complexity index is 843. The van der Waals surface area contributed by atoms with Crippen LogP contribution in [-0.2, 0) is 16.1 Å². The van der Waals surface area contributed by atoms with E-state index in [0.29, 0.717) is 18.2 Å². The maximum absolute atomic E-state index is 13.2. The van der Waals surface area contributed by atoms with Gasteiger partial charge in [0.25, 0.3) is 0 Å². The van der Waals surface area contributed by atoms with Crippen LogP contribution in [-0.4, -0.2) is 78.7 Å². The van der Waals surface area contributed by atoms with Gasteiger partial charge in [0.05, 0.1) is 13.2 Å². The Morgan fingerprint density at radius 3 is 2.50 bits per heavy atom. The van der Waals surface area contributed by atoms with Crippen molar-refractivity contribution in [1.29, 1.82) is 0 Å². The van der Waals surface area contributed by atoms with Crippen LogP contribution < -0.4 is 20.7 Å². The number of carbonyl (C=O) groups excluding carboxylic acids is 2. The largest absolute Gasteiger partial charge is 0.497 e. The lowest BCUT2D eigenvalue weighted by Crippen LogP contribution is -2.54. The highest BCUT2D eigenvalue weighted by molar-refractivity contribution is 7.99. The number of thioether (sulfide) groups is 2. The van der Waals surface area contributed by atoms with E-state index in [0.717, 1.165) is 61.5 Å². The first kappa shape index (κ1) is 31.4. The van der Waals surface area contributed by atoms with Crippen LogP contribution >= 0.6 is 35.9 Å². The van der Waals surface area contributed by atoms with Crippen LogP contribution in [0.15, 0.2) is 24.3 Å². The molecule has 214 valence electrons. The lowest BCUT2D eigenvalue weighted by Gasteiger charge is -2.32. The summed E-state index contributed by atoms with van der Waals surface area (Å²) >= 11 is 3.56. The second-order valence-corrected chi connectivity index (χ2v) is 12.8. The zero-order valence-corrected chi connectivity index (χ0v) is 25.1. The number of hydrogen-bond donors (Lipinski definition) is 3. The van der Waals surface area contributed by atoms with E-state index >= 15 is 0 Å². The predicted octanol–water partition coefficient (Wildman–Crippen LogP) is 3.91. The Kier molecular flexibility index (Phi) is 13.9. The van der Waals surface area contributed by atoms with E-state index in [1.807, 2.05) is 23.9 Å². The third-order valence-corrected chi connectivity index (χ3v) is 10.1. The molecule has 3 fully saturated rings. The van der Waals surface area contributed by atoms with Crippen LogP contribution in [0.25, 0.3) is 0 Å². The van der Waals surface area contributed by atoms with Gasteiger partial charge < -0.3 is 15.4 Å². The molecule has 1 aromatic rings. The molecule has 2 aliphatic heterocycles. The number of amides is 2. The van der Waals surface area contributed by atoms with E-state index in [9.17, 15) is 9.59 Å². The Balaban J connectivity index is 0.00000400. The van der Waals surface area contributed by atoms with Gasteiger partial charge in [-0.05, 0) is 74.1 Å². The molecule has 2 atom stereocenters. The number of likely N-dealkylation sites (tertiary alicyclic amines) is 1. The lowest BCUT2D eigenvalue weighted by atomic mass is 9.91. The van der Waals surface area contributed by atoms with Gasteiger partial charge in [-0.2, -0.15) is 11.8 Å². The second-order valence-electron chi connectivity index (χ2n) is 10.7. The number of methoxy groups -OCH3 is 1. The smallest absolute Gasteiger partial charge is 0.243 e. The molecule has 3 aliphatic rings. The molecule has 3 N–H and O–H groups in total. The van der Waals surface area contributed by atoms with Crippen molar-refractivity contribution in [1.82, 2.24) is 20.9 Å². The highest BCUT2D eigenvalue weighted by Crippen LogP contribution is 2.27. The van der Waals surface area contributed by atoms with Crippen molar-refractivity contribution in [2.24, 2.45) is 11.8 Å². The summed E-state index contributed by atoms with van der Waals surface area (Å²) in [5, 5.41) is 9.47. The molecule has 4 rings (SSSR count). The number of halogens is 1. The van der Waals surface area contributed by atoms with Crippen molar-refractivity contribution in [2.45, 2.75) is 63.6 Å². The summed E-state index contributed by atoms with van der Waals surface area (Å²) in [6.07, 6.45) is 8.77. The molecule has 38 heavy (non-hydrogen) atoms. The van der Waals surface area contributed by atoms with Crippen LogP contribution in [0.4, 0.5) is 0 Å². The maximum Gasteiger partial charge on any atom is 0.243 e. The molecule has 1 aromatic carbocycles. The molecule has 0 radical (unpaired) electrons. The van der Waals surface area contributed by atoms with Gasteiger partial charge in [0, 0.05) is 30.5 Å². The molecule has 7 nitrogen and oxygen atoms in total. The zero-order chi connectivity index (χ0) is 25.9. The fourth-order valence-electron chi connectivity index (χ4n) is 5.43. The van der Waals surface area contributed by atoms with E-state index < -0.39 is 6.04 Å². The van der Waals surface area contributed by atoms with Crippen molar-refractivity contribution in [3.05, 3.63) is 29.8 Å². The van der Waals surface area contributed by atoms with Crippen molar-refractivity contribution in [3.63, 3.8) is 0 Å². The topological polar surface area (TPSA) is 82.7 Å². The number of carbonyl (C=O) groups is 2. The third-order valence-electron chi connectivity index (χ3n) is 7.87. The minimum atomic E-state index is -0.469. The number of rotatable bonds is 12. The molecule has 2 heterocycles. The molecular formula is C28H45ClN4O3S2. The Morgan fingerprint density at radius 2 is 1.84 bits per heavy atom. The molecule has 1 saturated carbocycles. The molecular weight excluding hydrogens is 540 g/mol. The van der Waals surface area contributed by atoms with Crippen molar-refractivity contribution >= 4 is 47.7 Å². The first-order valence-corrected chi connectivity index (χ1v) is 16.2. The summed E-state index contributed by atoms with van der Waals surface area (Å²) in [5.41, 5.74) is 1.30. The zero-order valence-electron chi connectivity index (χ0n) is 22.6. The number of ether oxygens (including phenoxy) is 1. The molecule has 0 unspecified atom stereocenters. The number of nitrogens with zero attached hydrogens (tertiary/aromatic N) is 1. The fourth-order valence-corrected chi connectivity index (χ4v) is 7.65. The first-order valence-electron chi connectivity index (χ1n) is 13.9. The van der Waals surface area contributed by atoms with E-state index in [1.165, 1.54) is 37.7 Å². The average molecular weight is 585 g/mol. The fraction of sp³-hybridized carbons (Fsp3) is 0.714. The SMILES string of the molecule is COc1ccc(CN2CCC(CNC(=O)[C@H](CSCC3CCCCC3)NC(=O)[C@@H]3CSCN3)CC2)cc1.Cl. The monoisotopic (exact) mass is 584 g/mol. The second kappa shape index (κ2) is 16.9. The van der Waals surface area contributed by atoms with Gasteiger partial charge in [-0.25, -0.2) is 0 Å². The summed E-state index contributed by atoms with van der Waals surface area (Å²) in [6, 6.07) is 7.63. The molecule has 0 bridgehead atoms. The van der Waals surface area contributed by atoms with Gasteiger partial charge in [0.15, 0.2) is 0 Å². The number of benzene rings is 1. The van der Waals surface area contributed by atoms with Gasteiger partial charge in [-0.15, -0.1) is 24.2 Å². The average Bonchev–Trinajstić information content (AvgIpc) is 3.48. The highest BCUT2D eigenvalue weighted by atomic mass is 35.5. The van der Waals surface area contributed by atoms with Crippen LogP contribution in [0, 0.1) is 11.8 Å². The summed E-state index contributed by atoms with van der Waals surface area (Å²) in [6.45, 7) is 3.71. The van der Waals surface area contributed by atoms with Crippen LogP contribution in [0.5, 0.6) is 5.75 Å². The van der Waals surface area contributed by atoms with Crippen molar-refractivity contribution in [3.8, 4) is 5.75 Å². The van der Waals surface area contributed by atoms with Crippen LogP contribution in [0.1, 0.15) is 50.5 Å². The normalized spacial score (nSPS) is 21.9. The summed E-state index contributed by atoms with van der Waals surface area (Å²) in [5.74, 6) is 5.35. The molecule has 1 aliphatic carbocycles. The Morgan fingerprint density at radius 1 is 1.11 bits per heavy atom. The summed E-state index contributed by atoms with van der Waals surface area (Å²) < 4.78 is 5.26. The lowest BCUT2D eigenvalue weighted by molar-refractivity contribution is -0.129. The molecule has 0 aromatic heterocycles. The number of piperidine rings is 1. The number of hydrogen-bond acceptors (Lipinski definition) is 7. The van der Waals surface area contributed by atoms with Gasteiger partial charge in [0.2, 0.25) is 11.8 Å². The van der Waals surface area contributed by atoms with Crippen molar-refractivity contribution < 1.29 is 14.3 Å². The number of nitrogens with one attached hydrogen (secondary N) is 3. The molecule has 2 amide bonds. The summed E-state index contributed by atoms with van der Waals surface area (Å²) in [7, 11) is 1.69. The predicted molar refractivity (Wildman–Crippen MR) is 161 cm³/mol.